The van der Waals surface area contributed by atoms with Crippen molar-refractivity contribution in [3.63, 3.8) is 0 Å². The second kappa shape index (κ2) is 30.9. The van der Waals surface area contributed by atoms with Crippen molar-refractivity contribution in [2.24, 2.45) is 41.4 Å². The molecule has 0 nitrogen and oxygen atoms in total. The van der Waals surface area contributed by atoms with E-state index in [9.17, 15) is 0 Å². The Balaban J connectivity index is 0.000000415. The third-order valence-corrected chi connectivity index (χ3v) is 19.4. The molecule has 2 heteroatoms. The van der Waals surface area contributed by atoms with Gasteiger partial charge >= 0.3 is 0 Å². The fraction of sp³-hybridized carbons (Fsp3) is 0.750. The first-order chi connectivity index (χ1) is 24.0. The molecule has 0 bridgehead atoms. The third-order valence-electron chi connectivity index (χ3n) is 11.1. The highest BCUT2D eigenvalue weighted by Gasteiger charge is 2.23. The van der Waals surface area contributed by atoms with Gasteiger partial charge in [0.05, 0.1) is 0 Å². The predicted octanol–water partition coefficient (Wildman–Crippen LogP) is 16.3. The molecule has 0 aliphatic heterocycles. The molecule has 0 heterocycles. The summed E-state index contributed by atoms with van der Waals surface area (Å²) in [6.07, 6.45) is 42.1. The van der Waals surface area contributed by atoms with Crippen molar-refractivity contribution in [1.82, 2.24) is 0 Å². The first kappa shape index (κ1) is 47.5. The Morgan fingerprint density at radius 2 is 0.860 bits per heavy atom. The number of hydrogen-bond acceptors (Lipinski definition) is 0. The summed E-state index contributed by atoms with van der Waals surface area (Å²) in [7, 11) is 0. The van der Waals surface area contributed by atoms with E-state index in [0.29, 0.717) is 0 Å². The molecule has 0 saturated heterocycles. The summed E-state index contributed by atoms with van der Waals surface area (Å²) < 4.78 is 0. The lowest BCUT2D eigenvalue weighted by Gasteiger charge is -2.24. The summed E-state index contributed by atoms with van der Waals surface area (Å²) in [5.74, 6) is 6.61. The van der Waals surface area contributed by atoms with Gasteiger partial charge < -0.3 is 0 Å². The van der Waals surface area contributed by atoms with Gasteiger partial charge in [-0.25, -0.2) is 0 Å². The molecule has 4 aliphatic carbocycles. The van der Waals surface area contributed by atoms with Gasteiger partial charge in [0.15, 0.2) is 0 Å². The maximum Gasteiger partial charge on any atom is 0.262 e. The molecule has 0 spiro atoms. The molecule has 0 aromatic heterocycles. The minimum atomic E-state index is -0.519. The van der Waals surface area contributed by atoms with Crippen molar-refractivity contribution in [3.05, 3.63) is 73.4 Å². The standard InChI is InChI=1S/3C8H13.C8H12.3C4H9.C4H8.2Al/c4*1-2-8-6-4-3-5-7-8;4*1-4(2)3;;/h3*3-4,8H,1-2,5-7H2;2-4,8H,1,5-7H2;3*4H,1H2,2-3H3;1H2,2-3H3;;. The van der Waals surface area contributed by atoms with Crippen molar-refractivity contribution in [2.45, 2.75) is 183 Å². The fourth-order valence-corrected chi connectivity index (χ4v) is 16.8. The van der Waals surface area contributed by atoms with Gasteiger partial charge in [-0.05, 0) is 115 Å². The Labute approximate surface area is 324 Å². The van der Waals surface area contributed by atoms with E-state index in [1.54, 1.807) is 51.0 Å². The summed E-state index contributed by atoms with van der Waals surface area (Å²) in [5, 5.41) is 9.58. The van der Waals surface area contributed by atoms with Crippen molar-refractivity contribution in [3.8, 4) is 0 Å². The summed E-state index contributed by atoms with van der Waals surface area (Å²) in [4.78, 5) is 0. The molecular formula is C48H86Al2. The third kappa shape index (κ3) is 28.1. The lowest BCUT2D eigenvalue weighted by atomic mass is 9.92. The normalized spacial score (nSPS) is 22.5. The average Bonchev–Trinajstić information content (AvgIpc) is 3.09. The zero-order valence-electron chi connectivity index (χ0n) is 35.2. The van der Waals surface area contributed by atoms with Crippen LogP contribution in [0, 0.1) is 41.4 Å². The van der Waals surface area contributed by atoms with Crippen LogP contribution in [0.3, 0.4) is 0 Å². The molecule has 4 atom stereocenters. The van der Waals surface area contributed by atoms with Crippen molar-refractivity contribution >= 4 is 28.3 Å². The molecule has 0 fully saturated rings. The van der Waals surface area contributed by atoms with Crippen LogP contribution in [-0.4, -0.2) is 28.3 Å². The van der Waals surface area contributed by atoms with Crippen LogP contribution in [0.5, 0.6) is 0 Å². The number of allylic oxidation sites excluding steroid dienone is 10. The van der Waals surface area contributed by atoms with E-state index in [0.717, 1.165) is 41.4 Å². The van der Waals surface area contributed by atoms with Crippen LogP contribution in [0.4, 0.5) is 0 Å². The highest BCUT2D eigenvalue weighted by atomic mass is 27.2. The van der Waals surface area contributed by atoms with Gasteiger partial charge in [-0.1, -0.05) is 171 Å². The lowest BCUT2D eigenvalue weighted by Crippen LogP contribution is -2.19. The molecule has 4 aliphatic rings. The van der Waals surface area contributed by atoms with Crippen molar-refractivity contribution in [2.75, 3.05) is 0 Å². The van der Waals surface area contributed by atoms with E-state index in [1.165, 1.54) is 82.6 Å². The molecular weight excluding hydrogens is 630 g/mol. The minimum absolute atomic E-state index is 0.407. The SMILES string of the molecule is C1=CCC(C[CH2][Al]([CH2]CC2CC=CCC2)[CH2]CC2CC=CCC2)CC1.C=C(C)C.C=CC1CC=CCC1.CC(C)[CH2][Al]([CH2]C(C)C)[CH2]C(C)C. The maximum atomic E-state index is 3.75. The lowest BCUT2D eigenvalue weighted by molar-refractivity contribution is 0.448. The quantitative estimate of drug-likeness (QED) is 0.110. The molecule has 0 radical (unpaired) electrons. The van der Waals surface area contributed by atoms with E-state index >= 15 is 0 Å². The second-order valence-electron chi connectivity index (χ2n) is 18.3. The Hall–Kier alpha value is -0.495. The second-order valence-corrected chi connectivity index (χ2v) is 24.9. The van der Waals surface area contributed by atoms with Crippen LogP contribution in [0.2, 0.25) is 31.7 Å². The van der Waals surface area contributed by atoms with Crippen LogP contribution in [0.15, 0.2) is 73.4 Å². The summed E-state index contributed by atoms with van der Waals surface area (Å²) in [5.41, 5.74) is 1.17. The Bertz CT molecular complexity index is 855. The van der Waals surface area contributed by atoms with Gasteiger partial charge in [0.1, 0.15) is 0 Å². The molecule has 0 N–H and O–H groups in total. The van der Waals surface area contributed by atoms with Gasteiger partial charge in [0.2, 0.25) is 0 Å². The molecule has 0 saturated carbocycles. The van der Waals surface area contributed by atoms with Crippen molar-refractivity contribution < 1.29 is 0 Å². The predicted molar refractivity (Wildman–Crippen MR) is 235 cm³/mol. The minimum Gasteiger partial charge on any atom is -0.103 e. The highest BCUT2D eigenvalue weighted by Crippen LogP contribution is 2.31. The first-order valence-corrected chi connectivity index (χ1v) is 26.7. The van der Waals surface area contributed by atoms with Crippen LogP contribution in [0.25, 0.3) is 0 Å². The van der Waals surface area contributed by atoms with Gasteiger partial charge in [-0.15, -0.1) is 13.2 Å². The van der Waals surface area contributed by atoms with Gasteiger partial charge in [0.25, 0.3) is 28.3 Å². The van der Waals surface area contributed by atoms with E-state index < -0.39 is 28.3 Å². The van der Waals surface area contributed by atoms with Gasteiger partial charge in [-0.3, -0.25) is 0 Å². The van der Waals surface area contributed by atoms with Crippen LogP contribution < -0.4 is 0 Å². The zero-order chi connectivity index (χ0) is 37.0. The average molecular weight is 717 g/mol. The van der Waals surface area contributed by atoms with Crippen molar-refractivity contribution in [1.29, 1.82) is 0 Å². The van der Waals surface area contributed by atoms with Gasteiger partial charge in [-0.2, -0.15) is 0 Å². The summed E-state index contributed by atoms with van der Waals surface area (Å²) >= 11 is -0.926. The number of hydrogen-bond donors (Lipinski definition) is 0. The summed E-state index contributed by atoms with van der Waals surface area (Å²) in [6, 6.07) is 0. The van der Waals surface area contributed by atoms with Crippen LogP contribution in [0.1, 0.15) is 152 Å². The summed E-state index contributed by atoms with van der Waals surface area (Å²) in [6.45, 7) is 25.5. The first-order valence-electron chi connectivity index (χ1n) is 21.8. The monoisotopic (exact) mass is 717 g/mol. The number of rotatable bonds is 16. The van der Waals surface area contributed by atoms with E-state index in [2.05, 4.69) is 109 Å². The highest BCUT2D eigenvalue weighted by molar-refractivity contribution is 6.59. The molecule has 50 heavy (non-hydrogen) atoms. The van der Waals surface area contributed by atoms with Gasteiger partial charge in [0, 0.05) is 0 Å². The topological polar surface area (TPSA) is 0 Å². The molecule has 0 amide bonds. The zero-order valence-corrected chi connectivity index (χ0v) is 37.5. The maximum absolute atomic E-state index is 3.75. The molecule has 284 valence electrons. The fourth-order valence-electron chi connectivity index (χ4n) is 8.52. The Kier molecular flexibility index (Phi) is 29.4. The van der Waals surface area contributed by atoms with E-state index in [-0.39, 0.29) is 0 Å². The largest absolute Gasteiger partial charge is 0.262 e. The Morgan fingerprint density at radius 1 is 0.540 bits per heavy atom. The molecule has 0 aromatic carbocycles. The smallest absolute Gasteiger partial charge is 0.103 e. The van der Waals surface area contributed by atoms with Crippen LogP contribution >= 0.6 is 0 Å². The molecule has 4 unspecified atom stereocenters. The van der Waals surface area contributed by atoms with E-state index in [1.807, 2.05) is 13.8 Å². The van der Waals surface area contributed by atoms with Crippen LogP contribution in [-0.2, 0) is 0 Å². The van der Waals surface area contributed by atoms with E-state index in [4.69, 9.17) is 0 Å². The molecule has 4 rings (SSSR count). The molecule has 0 aromatic rings. The Morgan fingerprint density at radius 3 is 1.08 bits per heavy atom.